The monoisotopic (exact) mass is 446 g/mol. The number of carbonyl (C=O) groups excluding carboxylic acids is 1. The van der Waals surface area contributed by atoms with Gasteiger partial charge in [0.25, 0.3) is 11.6 Å². The molecule has 4 aromatic rings. The summed E-state index contributed by atoms with van der Waals surface area (Å²) in [5, 5.41) is 18.0. The fourth-order valence-corrected chi connectivity index (χ4v) is 3.36. The number of ether oxygens (including phenoxy) is 1. The van der Waals surface area contributed by atoms with E-state index in [2.05, 4.69) is 16.5 Å². The summed E-state index contributed by atoms with van der Waals surface area (Å²) in [5.41, 5.74) is 3.38. The van der Waals surface area contributed by atoms with E-state index in [4.69, 9.17) is 9.15 Å². The number of nitrogens with zero attached hydrogens (tertiary/aromatic N) is 3. The highest BCUT2D eigenvalue weighted by Gasteiger charge is 2.14. The van der Waals surface area contributed by atoms with Gasteiger partial charge in [0.1, 0.15) is 18.1 Å². The molecule has 0 aliphatic heterocycles. The van der Waals surface area contributed by atoms with E-state index in [-0.39, 0.29) is 18.1 Å². The normalized spacial score (nSPS) is 10.7. The average molecular weight is 446 g/mol. The minimum absolute atomic E-state index is 0.0292. The van der Waals surface area contributed by atoms with Gasteiger partial charge in [-0.25, -0.2) is 0 Å². The first-order valence-electron chi connectivity index (χ1n) is 10.2. The molecule has 2 aromatic carbocycles. The molecule has 2 heterocycles. The molecule has 0 fully saturated rings. The Labute approximate surface area is 189 Å². The second-order valence-corrected chi connectivity index (χ2v) is 7.63. The van der Waals surface area contributed by atoms with E-state index in [9.17, 15) is 14.9 Å². The van der Waals surface area contributed by atoms with E-state index in [0.29, 0.717) is 29.3 Å². The Hall–Kier alpha value is -4.40. The minimum Gasteiger partial charge on any atom is -0.486 e. The van der Waals surface area contributed by atoms with E-state index in [1.54, 1.807) is 42.2 Å². The predicted molar refractivity (Wildman–Crippen MR) is 121 cm³/mol. The number of rotatable bonds is 8. The molecule has 0 bridgehead atoms. The smallest absolute Gasteiger partial charge is 0.291 e. The Kier molecular flexibility index (Phi) is 6.21. The van der Waals surface area contributed by atoms with Crippen LogP contribution in [0.4, 0.5) is 11.4 Å². The second-order valence-electron chi connectivity index (χ2n) is 7.63. The quantitative estimate of drug-likeness (QED) is 0.305. The summed E-state index contributed by atoms with van der Waals surface area (Å²) in [6.45, 7) is 4.36. The van der Waals surface area contributed by atoms with Gasteiger partial charge in [-0.15, -0.1) is 0 Å². The summed E-state index contributed by atoms with van der Waals surface area (Å²) in [4.78, 5) is 23.0. The predicted octanol–water partition coefficient (Wildman–Crippen LogP) is 4.88. The van der Waals surface area contributed by atoms with Crippen molar-refractivity contribution in [2.24, 2.45) is 0 Å². The fraction of sp³-hybridized carbons (Fsp3) is 0.167. The largest absolute Gasteiger partial charge is 0.486 e. The summed E-state index contributed by atoms with van der Waals surface area (Å²) < 4.78 is 12.9. The SMILES string of the molecule is Cc1cccc(Cn2cc(NC(=O)c3ccc(COc4ccc([N+](=O)[O-])c(C)c4)o3)cn2)c1. The molecule has 2 aromatic heterocycles. The number of hydrogen-bond donors (Lipinski definition) is 1. The number of anilines is 1. The lowest BCUT2D eigenvalue weighted by Crippen LogP contribution is -2.10. The summed E-state index contributed by atoms with van der Waals surface area (Å²) >= 11 is 0. The zero-order chi connectivity index (χ0) is 23.4. The van der Waals surface area contributed by atoms with Gasteiger partial charge in [0.05, 0.1) is 23.4 Å². The molecule has 4 rings (SSSR count). The lowest BCUT2D eigenvalue weighted by Gasteiger charge is -2.05. The number of benzene rings is 2. The molecule has 9 nitrogen and oxygen atoms in total. The highest BCUT2D eigenvalue weighted by atomic mass is 16.6. The summed E-state index contributed by atoms with van der Waals surface area (Å²) in [7, 11) is 0. The van der Waals surface area contributed by atoms with Crippen LogP contribution in [0, 0.1) is 24.0 Å². The van der Waals surface area contributed by atoms with Crippen molar-refractivity contribution in [3.63, 3.8) is 0 Å². The van der Waals surface area contributed by atoms with Gasteiger partial charge in [0, 0.05) is 17.8 Å². The van der Waals surface area contributed by atoms with E-state index in [1.807, 2.05) is 25.1 Å². The van der Waals surface area contributed by atoms with Crippen LogP contribution in [0.15, 0.2) is 71.4 Å². The van der Waals surface area contributed by atoms with Crippen LogP contribution in [0.2, 0.25) is 0 Å². The van der Waals surface area contributed by atoms with Gasteiger partial charge in [-0.05, 0) is 43.7 Å². The molecule has 0 spiro atoms. The second kappa shape index (κ2) is 9.39. The van der Waals surface area contributed by atoms with Crippen molar-refractivity contribution in [3.8, 4) is 5.75 Å². The van der Waals surface area contributed by atoms with Crippen molar-refractivity contribution >= 4 is 17.3 Å². The average Bonchev–Trinajstić information content (AvgIpc) is 3.42. The maximum absolute atomic E-state index is 12.5. The van der Waals surface area contributed by atoms with Gasteiger partial charge < -0.3 is 14.5 Å². The van der Waals surface area contributed by atoms with Crippen LogP contribution in [-0.4, -0.2) is 20.6 Å². The van der Waals surface area contributed by atoms with Crippen LogP contribution >= 0.6 is 0 Å². The van der Waals surface area contributed by atoms with E-state index in [0.717, 1.165) is 5.56 Å². The molecule has 0 saturated heterocycles. The van der Waals surface area contributed by atoms with Gasteiger partial charge in [-0.1, -0.05) is 29.8 Å². The molecule has 0 aliphatic carbocycles. The molecule has 0 atom stereocenters. The summed E-state index contributed by atoms with van der Waals surface area (Å²) in [6.07, 6.45) is 3.34. The third-order valence-corrected chi connectivity index (χ3v) is 4.95. The number of nitro benzene ring substituents is 1. The Morgan fingerprint density at radius 2 is 2.03 bits per heavy atom. The minimum atomic E-state index is -0.442. The maximum atomic E-state index is 12.5. The van der Waals surface area contributed by atoms with E-state index in [1.165, 1.54) is 17.7 Å². The first-order valence-corrected chi connectivity index (χ1v) is 10.2. The number of hydrogen-bond acceptors (Lipinski definition) is 6. The number of amides is 1. The van der Waals surface area contributed by atoms with Gasteiger partial charge in [0.2, 0.25) is 0 Å². The molecular weight excluding hydrogens is 424 g/mol. The number of nitrogens with one attached hydrogen (secondary N) is 1. The molecule has 1 amide bonds. The summed E-state index contributed by atoms with van der Waals surface area (Å²) in [6, 6.07) is 15.9. The molecule has 33 heavy (non-hydrogen) atoms. The van der Waals surface area contributed by atoms with Gasteiger partial charge in [-0.2, -0.15) is 5.10 Å². The molecule has 0 saturated carbocycles. The number of aromatic nitrogens is 2. The van der Waals surface area contributed by atoms with Crippen molar-refractivity contribution in [1.29, 1.82) is 0 Å². The molecule has 9 heteroatoms. The van der Waals surface area contributed by atoms with Crippen LogP contribution in [0.25, 0.3) is 0 Å². The van der Waals surface area contributed by atoms with Crippen LogP contribution < -0.4 is 10.1 Å². The lowest BCUT2D eigenvalue weighted by molar-refractivity contribution is -0.385. The van der Waals surface area contributed by atoms with Gasteiger partial charge >= 0.3 is 0 Å². The van der Waals surface area contributed by atoms with Crippen LogP contribution in [0.3, 0.4) is 0 Å². The van der Waals surface area contributed by atoms with Crippen LogP contribution in [0.1, 0.15) is 33.0 Å². The standard InChI is InChI=1S/C24H22N4O5/c1-16-4-3-5-18(10-16)13-27-14-19(12-25-27)26-24(29)23-9-7-21(33-23)15-32-20-6-8-22(28(30)31)17(2)11-20/h3-12,14H,13,15H2,1-2H3,(H,26,29). The zero-order valence-electron chi connectivity index (χ0n) is 18.1. The van der Waals surface area contributed by atoms with E-state index >= 15 is 0 Å². The van der Waals surface area contributed by atoms with Crippen LogP contribution in [0.5, 0.6) is 5.75 Å². The van der Waals surface area contributed by atoms with Crippen molar-refractivity contribution < 1.29 is 18.9 Å². The number of furan rings is 1. The lowest BCUT2D eigenvalue weighted by atomic mass is 10.1. The van der Waals surface area contributed by atoms with Crippen molar-refractivity contribution in [2.45, 2.75) is 27.0 Å². The Morgan fingerprint density at radius 3 is 2.79 bits per heavy atom. The third-order valence-electron chi connectivity index (χ3n) is 4.95. The molecule has 1 N–H and O–H groups in total. The Balaban J connectivity index is 1.33. The molecule has 0 radical (unpaired) electrons. The first-order chi connectivity index (χ1) is 15.9. The number of nitro groups is 1. The maximum Gasteiger partial charge on any atom is 0.291 e. The number of carbonyl (C=O) groups is 1. The zero-order valence-corrected chi connectivity index (χ0v) is 18.1. The number of aryl methyl sites for hydroxylation is 2. The molecule has 0 aliphatic rings. The van der Waals surface area contributed by atoms with Crippen molar-refractivity contribution in [1.82, 2.24) is 9.78 Å². The van der Waals surface area contributed by atoms with Crippen molar-refractivity contribution in [2.75, 3.05) is 5.32 Å². The molecular formula is C24H22N4O5. The molecule has 168 valence electrons. The fourth-order valence-electron chi connectivity index (χ4n) is 3.36. The van der Waals surface area contributed by atoms with Crippen molar-refractivity contribution in [3.05, 3.63) is 105 Å². The van der Waals surface area contributed by atoms with Crippen LogP contribution in [-0.2, 0) is 13.2 Å². The van der Waals surface area contributed by atoms with E-state index < -0.39 is 10.8 Å². The Morgan fingerprint density at radius 1 is 1.18 bits per heavy atom. The topological polar surface area (TPSA) is 112 Å². The summed E-state index contributed by atoms with van der Waals surface area (Å²) in [5.74, 6) is 0.662. The molecule has 0 unspecified atom stereocenters. The van der Waals surface area contributed by atoms with Gasteiger partial charge in [-0.3, -0.25) is 19.6 Å². The highest BCUT2D eigenvalue weighted by Crippen LogP contribution is 2.24. The van der Waals surface area contributed by atoms with Gasteiger partial charge in [0.15, 0.2) is 5.76 Å². The highest BCUT2D eigenvalue weighted by molar-refractivity contribution is 6.02. The third kappa shape index (κ3) is 5.45. The first kappa shape index (κ1) is 21.8. The Bertz CT molecular complexity index is 1310.